The van der Waals surface area contributed by atoms with E-state index in [1.807, 2.05) is 0 Å². The molecule has 0 aromatic carbocycles. The third-order valence-corrected chi connectivity index (χ3v) is 1.95. The SMILES string of the molecule is NC(=O)Cc1nc(C(=O)O)cs1. The number of primary amides is 1. The molecule has 1 amide bonds. The Hall–Kier alpha value is -1.43. The maximum absolute atomic E-state index is 10.4. The molecule has 12 heavy (non-hydrogen) atoms. The van der Waals surface area contributed by atoms with E-state index in [0.29, 0.717) is 5.01 Å². The van der Waals surface area contributed by atoms with Gasteiger partial charge in [0.25, 0.3) is 0 Å². The number of thiazole rings is 1. The predicted octanol–water partition coefficient (Wildman–Crippen LogP) is -0.131. The van der Waals surface area contributed by atoms with E-state index in [9.17, 15) is 9.59 Å². The Kier molecular flexibility index (Phi) is 2.39. The first kappa shape index (κ1) is 8.66. The minimum atomic E-state index is -1.10. The molecule has 1 aromatic rings. The molecule has 0 saturated carbocycles. The summed E-state index contributed by atoms with van der Waals surface area (Å²) in [4.78, 5) is 24.4. The molecule has 0 spiro atoms. The van der Waals surface area contributed by atoms with Crippen molar-refractivity contribution in [2.45, 2.75) is 6.42 Å². The molecule has 64 valence electrons. The van der Waals surface area contributed by atoms with Crippen LogP contribution in [-0.2, 0) is 11.2 Å². The van der Waals surface area contributed by atoms with Crippen LogP contribution in [-0.4, -0.2) is 22.0 Å². The molecule has 3 N–H and O–H groups in total. The summed E-state index contributed by atoms with van der Waals surface area (Å²) in [5.74, 6) is -1.61. The number of hydrogen-bond acceptors (Lipinski definition) is 4. The summed E-state index contributed by atoms with van der Waals surface area (Å²) in [6.07, 6.45) is -0.00204. The first-order valence-electron chi connectivity index (χ1n) is 3.05. The zero-order chi connectivity index (χ0) is 9.14. The van der Waals surface area contributed by atoms with Gasteiger partial charge < -0.3 is 10.8 Å². The molecule has 5 nitrogen and oxygen atoms in total. The number of nitrogens with zero attached hydrogens (tertiary/aromatic N) is 1. The van der Waals surface area contributed by atoms with E-state index < -0.39 is 11.9 Å². The van der Waals surface area contributed by atoms with Crippen LogP contribution < -0.4 is 5.73 Å². The summed E-state index contributed by atoms with van der Waals surface area (Å²) in [5.41, 5.74) is 4.85. The molecule has 0 aliphatic heterocycles. The fourth-order valence-electron chi connectivity index (χ4n) is 0.639. The zero-order valence-electron chi connectivity index (χ0n) is 5.98. The molecule has 0 unspecified atom stereocenters. The smallest absolute Gasteiger partial charge is 0.355 e. The van der Waals surface area contributed by atoms with Crippen molar-refractivity contribution in [1.82, 2.24) is 4.98 Å². The van der Waals surface area contributed by atoms with Gasteiger partial charge in [0.05, 0.1) is 6.42 Å². The monoisotopic (exact) mass is 186 g/mol. The summed E-state index contributed by atoms with van der Waals surface area (Å²) in [7, 11) is 0. The van der Waals surface area contributed by atoms with Crippen molar-refractivity contribution in [3.63, 3.8) is 0 Å². The van der Waals surface area contributed by atoms with Crippen LogP contribution in [0.1, 0.15) is 15.5 Å². The Morgan fingerprint density at radius 2 is 2.33 bits per heavy atom. The lowest BCUT2D eigenvalue weighted by molar-refractivity contribution is -0.117. The number of carbonyl (C=O) groups excluding carboxylic acids is 1. The Morgan fingerprint density at radius 1 is 1.67 bits per heavy atom. The molecular weight excluding hydrogens is 180 g/mol. The largest absolute Gasteiger partial charge is 0.476 e. The molecule has 1 heterocycles. The lowest BCUT2D eigenvalue weighted by Crippen LogP contribution is -2.13. The minimum absolute atomic E-state index is 0.00204. The van der Waals surface area contributed by atoms with E-state index in [1.165, 1.54) is 5.38 Å². The van der Waals surface area contributed by atoms with Crippen LogP contribution in [0.4, 0.5) is 0 Å². The topological polar surface area (TPSA) is 93.3 Å². The number of aromatic carboxylic acids is 1. The molecular formula is C6H6N2O3S. The number of carboxylic acids is 1. The quantitative estimate of drug-likeness (QED) is 0.687. The van der Waals surface area contributed by atoms with Crippen molar-refractivity contribution in [3.05, 3.63) is 16.1 Å². The Morgan fingerprint density at radius 3 is 2.75 bits per heavy atom. The number of aromatic nitrogens is 1. The molecule has 0 aliphatic carbocycles. The van der Waals surface area contributed by atoms with Crippen LogP contribution in [0.3, 0.4) is 0 Å². The number of rotatable bonds is 3. The van der Waals surface area contributed by atoms with Gasteiger partial charge in [-0.25, -0.2) is 9.78 Å². The lowest BCUT2D eigenvalue weighted by atomic mass is 10.4. The highest BCUT2D eigenvalue weighted by molar-refractivity contribution is 7.09. The van der Waals surface area contributed by atoms with Crippen LogP contribution in [0.25, 0.3) is 0 Å². The Bertz CT molecular complexity index is 320. The predicted molar refractivity (Wildman–Crippen MR) is 42.0 cm³/mol. The molecule has 0 bridgehead atoms. The number of amides is 1. The van der Waals surface area contributed by atoms with Crippen LogP contribution in [0.5, 0.6) is 0 Å². The molecule has 0 fully saturated rings. The second kappa shape index (κ2) is 3.31. The number of carboxylic acid groups (broad SMARTS) is 1. The van der Waals surface area contributed by atoms with Gasteiger partial charge in [-0.15, -0.1) is 11.3 Å². The average molecular weight is 186 g/mol. The van der Waals surface area contributed by atoms with E-state index in [0.717, 1.165) is 11.3 Å². The average Bonchev–Trinajstić information content (AvgIpc) is 2.34. The van der Waals surface area contributed by atoms with Gasteiger partial charge in [-0.05, 0) is 0 Å². The van der Waals surface area contributed by atoms with Gasteiger partial charge in [0.1, 0.15) is 5.01 Å². The molecule has 1 aromatic heterocycles. The van der Waals surface area contributed by atoms with Gasteiger partial charge in [0, 0.05) is 5.38 Å². The van der Waals surface area contributed by atoms with E-state index in [2.05, 4.69) is 4.98 Å². The maximum atomic E-state index is 10.4. The van der Waals surface area contributed by atoms with E-state index in [1.54, 1.807) is 0 Å². The maximum Gasteiger partial charge on any atom is 0.355 e. The number of nitrogens with two attached hydrogens (primary N) is 1. The van der Waals surface area contributed by atoms with Crippen molar-refractivity contribution in [3.8, 4) is 0 Å². The standard InChI is InChI=1S/C6H6N2O3S/c7-4(9)1-5-8-3(2-12-5)6(10)11/h2H,1H2,(H2,7,9)(H,10,11). The fraction of sp³-hybridized carbons (Fsp3) is 0.167. The highest BCUT2D eigenvalue weighted by atomic mass is 32.1. The second-order valence-corrected chi connectivity index (χ2v) is 3.02. The first-order valence-corrected chi connectivity index (χ1v) is 3.93. The van der Waals surface area contributed by atoms with Crippen molar-refractivity contribution in [2.24, 2.45) is 5.73 Å². The van der Waals surface area contributed by atoms with Gasteiger partial charge in [0.15, 0.2) is 5.69 Å². The normalized spacial score (nSPS) is 9.67. The highest BCUT2D eigenvalue weighted by Crippen LogP contribution is 2.09. The zero-order valence-corrected chi connectivity index (χ0v) is 6.80. The van der Waals surface area contributed by atoms with Gasteiger partial charge in [0.2, 0.25) is 5.91 Å². The summed E-state index contributed by atoms with van der Waals surface area (Å²) in [6.45, 7) is 0. The summed E-state index contributed by atoms with van der Waals surface area (Å²) >= 11 is 1.11. The van der Waals surface area contributed by atoms with Crippen molar-refractivity contribution in [2.75, 3.05) is 0 Å². The molecule has 1 rings (SSSR count). The van der Waals surface area contributed by atoms with E-state index >= 15 is 0 Å². The lowest BCUT2D eigenvalue weighted by Gasteiger charge is -1.86. The Labute approximate surface area is 71.8 Å². The number of carbonyl (C=O) groups is 2. The Balaban J connectivity index is 2.77. The van der Waals surface area contributed by atoms with Crippen molar-refractivity contribution in [1.29, 1.82) is 0 Å². The second-order valence-electron chi connectivity index (χ2n) is 2.07. The summed E-state index contributed by atoms with van der Waals surface area (Å²) in [5, 5.41) is 10.3. The molecule has 0 radical (unpaired) electrons. The van der Waals surface area contributed by atoms with Gasteiger partial charge >= 0.3 is 5.97 Å². The van der Waals surface area contributed by atoms with E-state index in [-0.39, 0.29) is 12.1 Å². The van der Waals surface area contributed by atoms with Crippen molar-refractivity contribution < 1.29 is 14.7 Å². The molecule has 6 heteroatoms. The summed E-state index contributed by atoms with van der Waals surface area (Å²) < 4.78 is 0. The summed E-state index contributed by atoms with van der Waals surface area (Å²) in [6, 6.07) is 0. The van der Waals surface area contributed by atoms with E-state index in [4.69, 9.17) is 10.8 Å². The van der Waals surface area contributed by atoms with Gasteiger partial charge in [-0.1, -0.05) is 0 Å². The van der Waals surface area contributed by atoms with Crippen LogP contribution >= 0.6 is 11.3 Å². The third-order valence-electron chi connectivity index (χ3n) is 1.10. The molecule has 0 saturated heterocycles. The van der Waals surface area contributed by atoms with Crippen molar-refractivity contribution >= 4 is 23.2 Å². The van der Waals surface area contributed by atoms with Gasteiger partial charge in [-0.2, -0.15) is 0 Å². The number of hydrogen-bond donors (Lipinski definition) is 2. The third kappa shape index (κ3) is 2.03. The highest BCUT2D eigenvalue weighted by Gasteiger charge is 2.09. The minimum Gasteiger partial charge on any atom is -0.476 e. The first-order chi connectivity index (χ1) is 5.59. The van der Waals surface area contributed by atoms with Crippen LogP contribution in [0.2, 0.25) is 0 Å². The fourth-order valence-corrected chi connectivity index (χ4v) is 1.42. The van der Waals surface area contributed by atoms with Crippen LogP contribution in [0, 0.1) is 0 Å². The van der Waals surface area contributed by atoms with Crippen LogP contribution in [0.15, 0.2) is 5.38 Å². The molecule has 0 aliphatic rings. The van der Waals surface area contributed by atoms with Gasteiger partial charge in [-0.3, -0.25) is 4.79 Å². The molecule has 0 atom stereocenters.